The van der Waals surface area contributed by atoms with Crippen LogP contribution in [0.4, 0.5) is 0 Å². The lowest BCUT2D eigenvalue weighted by Crippen LogP contribution is -2.06. The number of aromatic nitrogens is 2. The summed E-state index contributed by atoms with van der Waals surface area (Å²) in [5.41, 5.74) is 0.461. The molecule has 0 aliphatic heterocycles. The molecule has 0 spiro atoms. The van der Waals surface area contributed by atoms with Gasteiger partial charge in [0.1, 0.15) is 5.69 Å². The summed E-state index contributed by atoms with van der Waals surface area (Å²) in [4.78, 5) is 14.6. The summed E-state index contributed by atoms with van der Waals surface area (Å²) in [5.74, 6) is -0.361. The fourth-order valence-electron chi connectivity index (χ4n) is 0.658. The van der Waals surface area contributed by atoms with Crippen molar-refractivity contribution in [2.45, 2.75) is 0 Å². The van der Waals surface area contributed by atoms with Gasteiger partial charge in [-0.1, -0.05) is 0 Å². The van der Waals surface area contributed by atoms with Gasteiger partial charge < -0.3 is 9.30 Å². The Hall–Kier alpha value is -1.03. The Labute approximate surface area is 70.6 Å². The van der Waals surface area contributed by atoms with Gasteiger partial charge in [0.2, 0.25) is 0 Å². The smallest absolute Gasteiger partial charge is 0.356 e. The Morgan fingerprint density at radius 2 is 2.36 bits per heavy atom. The van der Waals surface area contributed by atoms with Gasteiger partial charge in [-0.3, -0.25) is 0 Å². The van der Waals surface area contributed by atoms with Crippen molar-refractivity contribution in [1.82, 2.24) is 9.55 Å². The zero-order valence-corrected chi connectivity index (χ0v) is 7.09. The second kappa shape index (κ2) is 3.98. The van der Waals surface area contributed by atoms with E-state index in [0.29, 0.717) is 5.69 Å². The topological polar surface area (TPSA) is 44.1 Å². The minimum absolute atomic E-state index is 0. The van der Waals surface area contributed by atoms with E-state index in [0.717, 1.165) is 0 Å². The first-order valence-electron chi connectivity index (χ1n) is 2.80. The summed E-state index contributed by atoms with van der Waals surface area (Å²) in [6.07, 6.45) is 3.01. The van der Waals surface area contributed by atoms with E-state index in [4.69, 9.17) is 0 Å². The average Bonchev–Trinajstić information content (AvgIpc) is 2.34. The number of aryl methyl sites for hydroxylation is 1. The Balaban J connectivity index is 0.000001000. The molecule has 1 aromatic rings. The lowest BCUT2D eigenvalue weighted by Gasteiger charge is -1.96. The standard InChI is InChI=1S/C6H8N2O2.ClH/c1-8-4-7-3-5(8)6(9)10-2;/h3-4H,1-2H3;1H. The molecule has 0 amide bonds. The molecule has 0 aliphatic carbocycles. The summed E-state index contributed by atoms with van der Waals surface area (Å²) < 4.78 is 6.08. The highest BCUT2D eigenvalue weighted by molar-refractivity contribution is 5.87. The molecule has 0 radical (unpaired) electrons. The van der Waals surface area contributed by atoms with E-state index in [1.165, 1.54) is 13.3 Å². The fourth-order valence-corrected chi connectivity index (χ4v) is 0.658. The van der Waals surface area contributed by atoms with Crippen LogP contribution in [0.1, 0.15) is 10.5 Å². The summed E-state index contributed by atoms with van der Waals surface area (Å²) >= 11 is 0. The van der Waals surface area contributed by atoms with E-state index >= 15 is 0 Å². The number of ether oxygens (including phenoxy) is 1. The van der Waals surface area contributed by atoms with Crippen molar-refractivity contribution in [2.75, 3.05) is 7.11 Å². The molecule has 0 unspecified atom stereocenters. The van der Waals surface area contributed by atoms with Crippen molar-refractivity contribution in [3.05, 3.63) is 18.2 Å². The molecule has 0 fully saturated rings. The van der Waals surface area contributed by atoms with Gasteiger partial charge in [-0.05, 0) is 0 Å². The number of methoxy groups -OCH3 is 1. The van der Waals surface area contributed by atoms with Gasteiger partial charge in [-0.25, -0.2) is 9.78 Å². The summed E-state index contributed by atoms with van der Waals surface area (Å²) in [6, 6.07) is 0. The summed E-state index contributed by atoms with van der Waals surface area (Å²) in [7, 11) is 3.08. The third-order valence-corrected chi connectivity index (χ3v) is 1.21. The van der Waals surface area contributed by atoms with Crippen molar-refractivity contribution in [2.24, 2.45) is 7.05 Å². The Morgan fingerprint density at radius 1 is 1.73 bits per heavy atom. The third kappa shape index (κ3) is 1.94. The van der Waals surface area contributed by atoms with E-state index in [-0.39, 0.29) is 18.4 Å². The van der Waals surface area contributed by atoms with E-state index in [1.807, 2.05) is 0 Å². The van der Waals surface area contributed by atoms with Crippen LogP contribution in [-0.2, 0) is 11.8 Å². The highest BCUT2D eigenvalue weighted by Gasteiger charge is 2.07. The van der Waals surface area contributed by atoms with Gasteiger partial charge in [-0.15, -0.1) is 12.4 Å². The van der Waals surface area contributed by atoms with Crippen LogP contribution in [-0.4, -0.2) is 22.6 Å². The number of carbonyl (C=O) groups excluding carboxylic acids is 1. The lowest BCUT2D eigenvalue weighted by molar-refractivity contribution is 0.0590. The molecule has 0 bridgehead atoms. The van der Waals surface area contributed by atoms with Crippen molar-refractivity contribution in [3.8, 4) is 0 Å². The molecule has 0 N–H and O–H groups in total. The summed E-state index contributed by atoms with van der Waals surface area (Å²) in [6.45, 7) is 0. The van der Waals surface area contributed by atoms with Crippen LogP contribution >= 0.6 is 12.4 Å². The second-order valence-electron chi connectivity index (χ2n) is 1.88. The maximum Gasteiger partial charge on any atom is 0.356 e. The molecule has 0 aliphatic rings. The average molecular weight is 177 g/mol. The Bertz CT molecular complexity index is 246. The molecule has 1 heterocycles. The molecule has 0 aromatic carbocycles. The normalized spacial score (nSPS) is 8.55. The first-order valence-corrected chi connectivity index (χ1v) is 2.80. The van der Waals surface area contributed by atoms with Gasteiger partial charge in [0, 0.05) is 7.05 Å². The maximum atomic E-state index is 10.8. The number of esters is 1. The summed E-state index contributed by atoms with van der Waals surface area (Å²) in [5, 5.41) is 0. The van der Waals surface area contributed by atoms with Crippen LogP contribution in [0, 0.1) is 0 Å². The number of hydrogen-bond donors (Lipinski definition) is 0. The highest BCUT2D eigenvalue weighted by Crippen LogP contribution is 1.96. The number of imidazole rings is 1. The maximum absolute atomic E-state index is 10.8. The van der Waals surface area contributed by atoms with Gasteiger partial charge in [0.25, 0.3) is 0 Å². The van der Waals surface area contributed by atoms with E-state index < -0.39 is 0 Å². The van der Waals surface area contributed by atoms with Gasteiger partial charge in [-0.2, -0.15) is 0 Å². The van der Waals surface area contributed by atoms with Crippen molar-refractivity contribution < 1.29 is 9.53 Å². The molecule has 4 nitrogen and oxygen atoms in total. The zero-order valence-electron chi connectivity index (χ0n) is 6.27. The zero-order chi connectivity index (χ0) is 7.56. The van der Waals surface area contributed by atoms with Crippen LogP contribution in [0.25, 0.3) is 0 Å². The molecular formula is C6H9ClN2O2. The van der Waals surface area contributed by atoms with Crippen LogP contribution in [0.5, 0.6) is 0 Å². The molecule has 1 rings (SSSR count). The van der Waals surface area contributed by atoms with E-state index in [1.54, 1.807) is 17.9 Å². The molecule has 62 valence electrons. The molecule has 0 saturated heterocycles. The highest BCUT2D eigenvalue weighted by atomic mass is 35.5. The third-order valence-electron chi connectivity index (χ3n) is 1.21. The number of rotatable bonds is 1. The van der Waals surface area contributed by atoms with E-state index in [2.05, 4.69) is 9.72 Å². The minimum atomic E-state index is -0.361. The van der Waals surface area contributed by atoms with Crippen LogP contribution < -0.4 is 0 Å². The number of hydrogen-bond acceptors (Lipinski definition) is 3. The first kappa shape index (κ1) is 9.97. The largest absolute Gasteiger partial charge is 0.464 e. The predicted molar refractivity (Wildman–Crippen MR) is 41.8 cm³/mol. The lowest BCUT2D eigenvalue weighted by atomic mass is 10.5. The first-order chi connectivity index (χ1) is 4.75. The van der Waals surface area contributed by atoms with Gasteiger partial charge >= 0.3 is 5.97 Å². The molecular weight excluding hydrogens is 168 g/mol. The van der Waals surface area contributed by atoms with Crippen LogP contribution in [0.2, 0.25) is 0 Å². The van der Waals surface area contributed by atoms with Crippen molar-refractivity contribution in [3.63, 3.8) is 0 Å². The van der Waals surface area contributed by atoms with E-state index in [9.17, 15) is 4.79 Å². The number of nitrogens with zero attached hydrogens (tertiary/aromatic N) is 2. The predicted octanol–water partition coefficient (Wildman–Crippen LogP) is 0.629. The second-order valence-corrected chi connectivity index (χ2v) is 1.88. The van der Waals surface area contributed by atoms with Gasteiger partial charge in [0.15, 0.2) is 0 Å². The van der Waals surface area contributed by atoms with Crippen molar-refractivity contribution in [1.29, 1.82) is 0 Å². The fraction of sp³-hybridized carbons (Fsp3) is 0.333. The molecule has 11 heavy (non-hydrogen) atoms. The number of halogens is 1. The van der Waals surface area contributed by atoms with Crippen molar-refractivity contribution >= 4 is 18.4 Å². The number of carbonyl (C=O) groups is 1. The Morgan fingerprint density at radius 3 is 2.73 bits per heavy atom. The van der Waals surface area contributed by atoms with Crippen LogP contribution in [0.15, 0.2) is 12.5 Å². The molecule has 5 heteroatoms. The SMILES string of the molecule is COC(=O)c1cncn1C.Cl. The minimum Gasteiger partial charge on any atom is -0.464 e. The Kier molecular flexibility index (Phi) is 3.60. The molecule has 0 saturated carbocycles. The monoisotopic (exact) mass is 176 g/mol. The van der Waals surface area contributed by atoms with Gasteiger partial charge in [0.05, 0.1) is 19.6 Å². The molecule has 1 aromatic heterocycles. The van der Waals surface area contributed by atoms with Crippen LogP contribution in [0.3, 0.4) is 0 Å². The molecule has 0 atom stereocenters. The quantitative estimate of drug-likeness (QED) is 0.590.